The van der Waals surface area contributed by atoms with E-state index >= 15 is 0 Å². The number of nitrogens with zero attached hydrogens (tertiary/aromatic N) is 5. The number of methoxy groups -OCH3 is 1. The Labute approximate surface area is 169 Å². The standard InChI is InChI=1S/C20H25ClN6O/c1-4-26-8-5-6-14(12-26)23-18-20-22-7-9-27(20)19(25-24-18)15-10-13(2)16(21)11-17(15)28-3/h7,9-11,14H,4-6,8,12H2,1-3H3,(H,23,24)/t14-/m1/s1. The maximum Gasteiger partial charge on any atom is 0.192 e. The van der Waals surface area contributed by atoms with Crippen LogP contribution < -0.4 is 10.1 Å². The molecule has 0 bridgehead atoms. The summed E-state index contributed by atoms with van der Waals surface area (Å²) in [5.41, 5.74) is 2.55. The summed E-state index contributed by atoms with van der Waals surface area (Å²) < 4.78 is 7.48. The van der Waals surface area contributed by atoms with E-state index in [0.29, 0.717) is 28.5 Å². The van der Waals surface area contributed by atoms with Gasteiger partial charge in [-0.2, -0.15) is 0 Å². The number of anilines is 1. The molecule has 0 unspecified atom stereocenters. The van der Waals surface area contributed by atoms with Crippen molar-refractivity contribution in [2.45, 2.75) is 32.7 Å². The van der Waals surface area contributed by atoms with Crippen molar-refractivity contribution < 1.29 is 4.74 Å². The predicted octanol–water partition coefficient (Wildman–Crippen LogP) is 3.66. The quantitative estimate of drug-likeness (QED) is 0.705. The summed E-state index contributed by atoms with van der Waals surface area (Å²) in [7, 11) is 1.63. The summed E-state index contributed by atoms with van der Waals surface area (Å²) in [5, 5.41) is 13.2. The maximum atomic E-state index is 6.26. The molecule has 8 heteroatoms. The lowest BCUT2D eigenvalue weighted by molar-refractivity contribution is 0.226. The fourth-order valence-electron chi connectivity index (χ4n) is 3.78. The number of piperidine rings is 1. The summed E-state index contributed by atoms with van der Waals surface area (Å²) in [6.07, 6.45) is 5.97. The number of rotatable bonds is 5. The highest BCUT2D eigenvalue weighted by atomic mass is 35.5. The van der Waals surface area contributed by atoms with Crippen LogP contribution in [0.15, 0.2) is 24.5 Å². The van der Waals surface area contributed by atoms with Crippen LogP contribution in [-0.4, -0.2) is 57.3 Å². The van der Waals surface area contributed by atoms with E-state index in [0.717, 1.165) is 42.8 Å². The van der Waals surface area contributed by atoms with Crippen LogP contribution >= 0.6 is 11.6 Å². The minimum atomic E-state index is 0.349. The van der Waals surface area contributed by atoms with Crippen LogP contribution in [0.4, 0.5) is 5.82 Å². The fraction of sp³-hybridized carbons (Fsp3) is 0.450. The molecular weight excluding hydrogens is 376 g/mol. The number of ether oxygens (including phenoxy) is 1. The highest BCUT2D eigenvalue weighted by Crippen LogP contribution is 2.34. The van der Waals surface area contributed by atoms with Gasteiger partial charge in [-0.3, -0.25) is 4.40 Å². The first-order valence-electron chi connectivity index (χ1n) is 9.63. The van der Waals surface area contributed by atoms with Crippen molar-refractivity contribution in [2.75, 3.05) is 32.1 Å². The molecule has 1 atom stereocenters. The van der Waals surface area contributed by atoms with Gasteiger partial charge in [-0.15, -0.1) is 10.2 Å². The minimum absolute atomic E-state index is 0.349. The average molecular weight is 401 g/mol. The fourth-order valence-corrected chi connectivity index (χ4v) is 3.93. The van der Waals surface area contributed by atoms with E-state index in [9.17, 15) is 0 Å². The van der Waals surface area contributed by atoms with Gasteiger partial charge in [0.1, 0.15) is 5.75 Å². The van der Waals surface area contributed by atoms with Crippen molar-refractivity contribution in [3.63, 3.8) is 0 Å². The second-order valence-corrected chi connectivity index (χ2v) is 7.58. The van der Waals surface area contributed by atoms with Crippen LogP contribution in [-0.2, 0) is 0 Å². The van der Waals surface area contributed by atoms with Gasteiger partial charge in [0.2, 0.25) is 0 Å². The third-order valence-corrected chi connectivity index (χ3v) is 5.75. The first-order valence-corrected chi connectivity index (χ1v) is 10.0. The molecule has 1 aliphatic rings. The molecule has 4 rings (SSSR count). The van der Waals surface area contributed by atoms with Crippen LogP contribution in [0.25, 0.3) is 17.0 Å². The van der Waals surface area contributed by atoms with Gasteiger partial charge in [0, 0.05) is 30.0 Å². The van der Waals surface area contributed by atoms with Crippen molar-refractivity contribution in [1.82, 2.24) is 24.5 Å². The molecule has 1 aromatic carbocycles. The number of benzene rings is 1. The van der Waals surface area contributed by atoms with Crippen LogP contribution in [0.5, 0.6) is 5.75 Å². The predicted molar refractivity (Wildman–Crippen MR) is 111 cm³/mol. The Kier molecular flexibility index (Phi) is 5.37. The second-order valence-electron chi connectivity index (χ2n) is 7.17. The molecule has 0 amide bonds. The zero-order valence-electron chi connectivity index (χ0n) is 16.4. The molecule has 0 aliphatic carbocycles. The zero-order chi connectivity index (χ0) is 19.7. The molecule has 0 radical (unpaired) electrons. The minimum Gasteiger partial charge on any atom is -0.496 e. The van der Waals surface area contributed by atoms with E-state index in [1.165, 1.54) is 6.42 Å². The number of imidazole rings is 1. The number of likely N-dealkylation sites (N-methyl/N-ethyl adjacent to an activating group) is 1. The van der Waals surface area contributed by atoms with Crippen molar-refractivity contribution in [3.8, 4) is 17.1 Å². The van der Waals surface area contributed by atoms with Crippen LogP contribution in [0.3, 0.4) is 0 Å². The van der Waals surface area contributed by atoms with Crippen LogP contribution in [0, 0.1) is 6.92 Å². The molecule has 0 spiro atoms. The Morgan fingerprint density at radius 3 is 2.96 bits per heavy atom. The molecule has 1 fully saturated rings. The lowest BCUT2D eigenvalue weighted by Crippen LogP contribution is -2.42. The third-order valence-electron chi connectivity index (χ3n) is 5.34. The average Bonchev–Trinajstić information content (AvgIpc) is 3.20. The zero-order valence-corrected chi connectivity index (χ0v) is 17.2. The molecule has 7 nitrogen and oxygen atoms in total. The molecule has 28 heavy (non-hydrogen) atoms. The summed E-state index contributed by atoms with van der Waals surface area (Å²) in [6, 6.07) is 4.13. The van der Waals surface area contributed by atoms with Gasteiger partial charge >= 0.3 is 0 Å². The molecule has 1 saturated heterocycles. The summed E-state index contributed by atoms with van der Waals surface area (Å²) in [4.78, 5) is 6.97. The van der Waals surface area contributed by atoms with Crippen molar-refractivity contribution in [2.24, 2.45) is 0 Å². The monoisotopic (exact) mass is 400 g/mol. The number of hydrogen-bond donors (Lipinski definition) is 1. The van der Waals surface area contributed by atoms with Crippen LogP contribution in [0.1, 0.15) is 25.3 Å². The number of aromatic nitrogens is 4. The van der Waals surface area contributed by atoms with Crippen molar-refractivity contribution >= 4 is 23.1 Å². The molecule has 2 aromatic heterocycles. The Balaban J connectivity index is 1.72. The Morgan fingerprint density at radius 1 is 1.32 bits per heavy atom. The number of halogens is 1. The molecule has 3 aromatic rings. The number of likely N-dealkylation sites (tertiary alicyclic amines) is 1. The second kappa shape index (κ2) is 7.93. The van der Waals surface area contributed by atoms with E-state index in [1.54, 1.807) is 13.3 Å². The van der Waals surface area contributed by atoms with Crippen molar-refractivity contribution in [1.29, 1.82) is 0 Å². The first kappa shape index (κ1) is 19.0. The smallest absolute Gasteiger partial charge is 0.192 e. The van der Waals surface area contributed by atoms with E-state index in [-0.39, 0.29) is 0 Å². The van der Waals surface area contributed by atoms with Crippen molar-refractivity contribution in [3.05, 3.63) is 35.1 Å². The molecule has 148 valence electrons. The Morgan fingerprint density at radius 2 is 2.18 bits per heavy atom. The van der Waals surface area contributed by atoms with E-state index < -0.39 is 0 Å². The van der Waals surface area contributed by atoms with Gasteiger partial charge in [0.05, 0.1) is 12.7 Å². The lowest BCUT2D eigenvalue weighted by atomic mass is 10.1. The van der Waals surface area contributed by atoms with Crippen LogP contribution in [0.2, 0.25) is 5.02 Å². The molecule has 1 aliphatic heterocycles. The molecule has 3 heterocycles. The number of hydrogen-bond acceptors (Lipinski definition) is 6. The van der Waals surface area contributed by atoms with Gasteiger partial charge in [0.25, 0.3) is 0 Å². The normalized spacial score (nSPS) is 17.8. The largest absolute Gasteiger partial charge is 0.496 e. The summed E-state index contributed by atoms with van der Waals surface area (Å²) in [5.74, 6) is 2.04. The Bertz CT molecular complexity index is 988. The van der Waals surface area contributed by atoms with E-state index in [1.807, 2.05) is 29.7 Å². The Hall–Kier alpha value is -2.38. The summed E-state index contributed by atoms with van der Waals surface area (Å²) in [6.45, 7) is 7.40. The molecule has 0 saturated carbocycles. The van der Waals surface area contributed by atoms with Gasteiger partial charge in [0.15, 0.2) is 17.3 Å². The topological polar surface area (TPSA) is 67.6 Å². The van der Waals surface area contributed by atoms with Gasteiger partial charge in [-0.25, -0.2) is 4.98 Å². The highest BCUT2D eigenvalue weighted by Gasteiger charge is 2.22. The third kappa shape index (κ3) is 3.52. The highest BCUT2D eigenvalue weighted by molar-refractivity contribution is 6.31. The number of aryl methyl sites for hydroxylation is 1. The van der Waals surface area contributed by atoms with Gasteiger partial charge in [-0.05, 0) is 50.6 Å². The lowest BCUT2D eigenvalue weighted by Gasteiger charge is -2.32. The number of nitrogens with one attached hydrogen (secondary N) is 1. The maximum absolute atomic E-state index is 6.26. The summed E-state index contributed by atoms with van der Waals surface area (Å²) >= 11 is 6.26. The first-order chi connectivity index (χ1) is 13.6. The van der Waals surface area contributed by atoms with E-state index in [2.05, 4.69) is 32.3 Å². The number of fused-ring (bicyclic) bond motifs is 1. The van der Waals surface area contributed by atoms with Gasteiger partial charge in [-0.1, -0.05) is 18.5 Å². The molecule has 1 N–H and O–H groups in total. The SMILES string of the molecule is CCN1CCC[C@@H](Nc2nnc(-c3cc(C)c(Cl)cc3OC)n3ccnc23)C1. The van der Waals surface area contributed by atoms with E-state index in [4.69, 9.17) is 16.3 Å². The van der Waals surface area contributed by atoms with Gasteiger partial charge < -0.3 is 15.0 Å². The molecular formula is C20H25ClN6O.